The Morgan fingerprint density at radius 2 is 1.71 bits per heavy atom. The number of benzene rings is 2. The fraction of sp³-hybridized carbons (Fsp3) is 0.250. The summed E-state index contributed by atoms with van der Waals surface area (Å²) < 4.78 is 20.7. The van der Waals surface area contributed by atoms with E-state index in [4.69, 9.17) is 18.9 Å². The first-order valence-corrected chi connectivity index (χ1v) is 8.58. The third-order valence-corrected chi connectivity index (χ3v) is 3.39. The summed E-state index contributed by atoms with van der Waals surface area (Å²) in [6, 6.07) is 13.8. The molecule has 0 saturated heterocycles. The van der Waals surface area contributed by atoms with Crippen LogP contribution in [0.5, 0.6) is 17.2 Å². The molecule has 0 aliphatic heterocycles. The number of rotatable bonds is 10. The molecular weight excluding hydrogens is 364 g/mol. The van der Waals surface area contributed by atoms with Crippen molar-refractivity contribution in [2.75, 3.05) is 26.9 Å². The van der Waals surface area contributed by atoms with Crippen LogP contribution < -0.4 is 19.6 Å². The van der Waals surface area contributed by atoms with Gasteiger partial charge in [0.05, 0.1) is 19.9 Å². The molecule has 2 aromatic carbocycles. The van der Waals surface area contributed by atoms with Gasteiger partial charge in [-0.15, -0.1) is 0 Å². The van der Waals surface area contributed by atoms with Crippen molar-refractivity contribution in [2.24, 2.45) is 5.10 Å². The van der Waals surface area contributed by atoms with Gasteiger partial charge < -0.3 is 18.9 Å². The van der Waals surface area contributed by atoms with E-state index in [0.717, 1.165) is 0 Å². The van der Waals surface area contributed by atoms with Crippen molar-refractivity contribution < 1.29 is 28.5 Å². The monoisotopic (exact) mass is 386 g/mol. The maximum Gasteiger partial charge on any atom is 0.344 e. The predicted octanol–water partition coefficient (Wildman–Crippen LogP) is 2.17. The maximum atomic E-state index is 11.8. The van der Waals surface area contributed by atoms with Gasteiger partial charge in [-0.2, -0.15) is 5.10 Å². The van der Waals surface area contributed by atoms with Gasteiger partial charge in [0.15, 0.2) is 13.2 Å². The van der Waals surface area contributed by atoms with Gasteiger partial charge in [-0.1, -0.05) is 12.1 Å². The fourth-order valence-electron chi connectivity index (χ4n) is 2.08. The number of para-hydroxylation sites is 1. The normalized spacial score (nSPS) is 10.4. The molecule has 0 spiro atoms. The summed E-state index contributed by atoms with van der Waals surface area (Å²) >= 11 is 0. The minimum atomic E-state index is -0.460. The highest BCUT2D eigenvalue weighted by Crippen LogP contribution is 2.17. The van der Waals surface area contributed by atoms with Crippen molar-refractivity contribution in [3.8, 4) is 17.2 Å². The first kappa shape index (κ1) is 20.8. The first-order valence-electron chi connectivity index (χ1n) is 8.58. The number of nitrogens with one attached hydrogen (secondary N) is 1. The molecular formula is C20H22N2O6. The summed E-state index contributed by atoms with van der Waals surface area (Å²) in [6.07, 6.45) is 1.42. The molecule has 28 heavy (non-hydrogen) atoms. The lowest BCUT2D eigenvalue weighted by atomic mass is 10.2. The minimum absolute atomic E-state index is 0.190. The molecule has 8 nitrogen and oxygen atoms in total. The van der Waals surface area contributed by atoms with Crippen LogP contribution >= 0.6 is 0 Å². The number of methoxy groups -OCH3 is 1. The minimum Gasteiger partial charge on any atom is -0.497 e. The number of nitrogens with zero attached hydrogens (tertiary/aromatic N) is 1. The Morgan fingerprint density at radius 1 is 1.00 bits per heavy atom. The Bertz CT molecular complexity index is 805. The zero-order valence-corrected chi connectivity index (χ0v) is 15.7. The average Bonchev–Trinajstić information content (AvgIpc) is 2.72. The maximum absolute atomic E-state index is 11.8. The van der Waals surface area contributed by atoms with E-state index in [-0.39, 0.29) is 19.8 Å². The van der Waals surface area contributed by atoms with E-state index >= 15 is 0 Å². The first-order chi connectivity index (χ1) is 13.6. The molecule has 0 saturated carbocycles. The fourth-order valence-corrected chi connectivity index (χ4v) is 2.08. The highest BCUT2D eigenvalue weighted by molar-refractivity contribution is 5.85. The standard InChI is InChI=1S/C20H22N2O6/c1-3-26-20(24)14-28-18-7-5-4-6-15(18)12-21-22-19(23)13-27-17-10-8-16(25-2)9-11-17/h4-12H,3,13-14H2,1-2H3,(H,22,23)/b21-12+. The molecule has 1 amide bonds. The van der Waals surface area contributed by atoms with Gasteiger partial charge in [-0.05, 0) is 43.3 Å². The van der Waals surface area contributed by atoms with E-state index in [2.05, 4.69) is 10.5 Å². The molecule has 0 heterocycles. The summed E-state index contributed by atoms with van der Waals surface area (Å²) in [4.78, 5) is 23.2. The lowest BCUT2D eigenvalue weighted by Crippen LogP contribution is -2.24. The van der Waals surface area contributed by atoms with Gasteiger partial charge >= 0.3 is 5.97 Å². The second kappa shape index (κ2) is 11.2. The Morgan fingerprint density at radius 3 is 2.43 bits per heavy atom. The average molecular weight is 386 g/mol. The van der Waals surface area contributed by atoms with Gasteiger partial charge in [0, 0.05) is 5.56 Å². The molecule has 0 aliphatic carbocycles. The van der Waals surface area contributed by atoms with E-state index in [1.165, 1.54) is 6.21 Å². The molecule has 2 aromatic rings. The van der Waals surface area contributed by atoms with E-state index < -0.39 is 11.9 Å². The third-order valence-electron chi connectivity index (χ3n) is 3.39. The highest BCUT2D eigenvalue weighted by Gasteiger charge is 2.06. The molecule has 0 aromatic heterocycles. The van der Waals surface area contributed by atoms with Gasteiger partial charge in [-0.25, -0.2) is 10.2 Å². The Hall–Kier alpha value is -3.55. The second-order valence-electron chi connectivity index (χ2n) is 5.39. The molecule has 8 heteroatoms. The van der Waals surface area contributed by atoms with Gasteiger partial charge in [0.1, 0.15) is 17.2 Å². The van der Waals surface area contributed by atoms with Gasteiger partial charge in [0.25, 0.3) is 5.91 Å². The predicted molar refractivity (Wildman–Crippen MR) is 103 cm³/mol. The number of hydrogen-bond acceptors (Lipinski definition) is 7. The molecule has 0 bridgehead atoms. The topological polar surface area (TPSA) is 95.5 Å². The van der Waals surface area contributed by atoms with Crippen LogP contribution in [0.2, 0.25) is 0 Å². The quantitative estimate of drug-likeness (QED) is 0.382. The lowest BCUT2D eigenvalue weighted by molar-refractivity contribution is -0.145. The number of ether oxygens (including phenoxy) is 4. The summed E-state index contributed by atoms with van der Waals surface area (Å²) in [5, 5.41) is 3.88. The number of hydrogen-bond donors (Lipinski definition) is 1. The van der Waals surface area contributed by atoms with E-state index in [0.29, 0.717) is 22.8 Å². The molecule has 0 aliphatic rings. The zero-order chi connectivity index (χ0) is 20.2. The van der Waals surface area contributed by atoms with Crippen molar-refractivity contribution in [1.82, 2.24) is 5.43 Å². The molecule has 0 unspecified atom stereocenters. The van der Waals surface area contributed by atoms with Crippen molar-refractivity contribution >= 4 is 18.1 Å². The Kier molecular flexibility index (Phi) is 8.32. The van der Waals surface area contributed by atoms with Crippen LogP contribution in [-0.4, -0.2) is 45.0 Å². The van der Waals surface area contributed by atoms with Crippen LogP contribution in [0, 0.1) is 0 Å². The van der Waals surface area contributed by atoms with Crippen LogP contribution in [0.4, 0.5) is 0 Å². The van der Waals surface area contributed by atoms with Crippen LogP contribution in [-0.2, 0) is 14.3 Å². The number of amides is 1. The third kappa shape index (κ3) is 6.99. The smallest absolute Gasteiger partial charge is 0.344 e. The summed E-state index contributed by atoms with van der Waals surface area (Å²) in [6.45, 7) is 1.61. The van der Waals surface area contributed by atoms with Crippen molar-refractivity contribution in [3.05, 3.63) is 54.1 Å². The summed E-state index contributed by atoms with van der Waals surface area (Å²) in [5.41, 5.74) is 2.97. The Balaban J connectivity index is 1.82. The number of carbonyl (C=O) groups excluding carboxylic acids is 2. The number of carbonyl (C=O) groups is 2. The van der Waals surface area contributed by atoms with E-state index in [9.17, 15) is 9.59 Å². The molecule has 0 atom stereocenters. The van der Waals surface area contributed by atoms with Crippen molar-refractivity contribution in [3.63, 3.8) is 0 Å². The number of hydrazone groups is 1. The van der Waals surface area contributed by atoms with Crippen LogP contribution in [0.1, 0.15) is 12.5 Å². The number of esters is 1. The van der Waals surface area contributed by atoms with Crippen molar-refractivity contribution in [2.45, 2.75) is 6.92 Å². The summed E-state index contributed by atoms with van der Waals surface area (Å²) in [7, 11) is 1.57. The molecule has 2 rings (SSSR count). The highest BCUT2D eigenvalue weighted by atomic mass is 16.6. The largest absolute Gasteiger partial charge is 0.497 e. The van der Waals surface area contributed by atoms with Crippen LogP contribution in [0.3, 0.4) is 0 Å². The SMILES string of the molecule is CCOC(=O)COc1ccccc1/C=N/NC(=O)COc1ccc(OC)cc1. The molecule has 0 radical (unpaired) electrons. The van der Waals surface area contributed by atoms with Crippen molar-refractivity contribution in [1.29, 1.82) is 0 Å². The van der Waals surface area contributed by atoms with Crippen LogP contribution in [0.15, 0.2) is 53.6 Å². The lowest BCUT2D eigenvalue weighted by Gasteiger charge is -2.08. The van der Waals surface area contributed by atoms with Gasteiger partial charge in [-0.3, -0.25) is 4.79 Å². The van der Waals surface area contributed by atoms with E-state index in [1.54, 1.807) is 62.6 Å². The zero-order valence-electron chi connectivity index (χ0n) is 15.7. The molecule has 1 N–H and O–H groups in total. The summed E-state index contributed by atoms with van der Waals surface area (Å²) in [5.74, 6) is 0.807. The second-order valence-corrected chi connectivity index (χ2v) is 5.39. The Labute approximate surface area is 163 Å². The van der Waals surface area contributed by atoms with E-state index in [1.807, 2.05) is 0 Å². The molecule has 0 fully saturated rings. The van der Waals surface area contributed by atoms with Gasteiger partial charge in [0.2, 0.25) is 0 Å². The van der Waals surface area contributed by atoms with Crippen LogP contribution in [0.25, 0.3) is 0 Å². The molecule has 148 valence electrons.